The van der Waals surface area contributed by atoms with E-state index in [4.69, 9.17) is 4.74 Å². The highest BCUT2D eigenvalue weighted by atomic mass is 79.9. The van der Waals surface area contributed by atoms with Gasteiger partial charge in [-0.25, -0.2) is 0 Å². The molecule has 0 bridgehead atoms. The van der Waals surface area contributed by atoms with Crippen LogP contribution in [0.2, 0.25) is 0 Å². The van der Waals surface area contributed by atoms with Gasteiger partial charge >= 0.3 is 0 Å². The van der Waals surface area contributed by atoms with Gasteiger partial charge in [0.2, 0.25) is 5.88 Å². The SMILES string of the molecule is CNc1cccc(OCc2ccccc2Br)n1. The predicted molar refractivity (Wildman–Crippen MR) is 72.3 cm³/mol. The summed E-state index contributed by atoms with van der Waals surface area (Å²) in [7, 11) is 1.83. The predicted octanol–water partition coefficient (Wildman–Crippen LogP) is 3.46. The Bertz CT molecular complexity index is 502. The topological polar surface area (TPSA) is 34.1 Å². The van der Waals surface area contributed by atoms with Crippen LogP contribution in [0.5, 0.6) is 5.88 Å². The molecule has 88 valence electrons. The van der Waals surface area contributed by atoms with E-state index in [1.165, 1.54) is 0 Å². The molecule has 0 unspecified atom stereocenters. The lowest BCUT2D eigenvalue weighted by atomic mass is 10.2. The fraction of sp³-hybridized carbons (Fsp3) is 0.154. The van der Waals surface area contributed by atoms with E-state index in [0.717, 1.165) is 15.9 Å². The number of halogens is 1. The standard InChI is InChI=1S/C13H13BrN2O/c1-15-12-7-4-8-13(16-12)17-9-10-5-2-3-6-11(10)14/h2-8H,9H2,1H3,(H,15,16). The van der Waals surface area contributed by atoms with E-state index in [-0.39, 0.29) is 0 Å². The minimum absolute atomic E-state index is 0.502. The van der Waals surface area contributed by atoms with Crippen LogP contribution in [0.3, 0.4) is 0 Å². The van der Waals surface area contributed by atoms with Crippen molar-refractivity contribution in [3.63, 3.8) is 0 Å². The Hall–Kier alpha value is -1.55. The minimum Gasteiger partial charge on any atom is -0.473 e. The monoisotopic (exact) mass is 292 g/mol. The summed E-state index contributed by atoms with van der Waals surface area (Å²) in [5, 5.41) is 2.98. The lowest BCUT2D eigenvalue weighted by molar-refractivity contribution is 0.293. The summed E-state index contributed by atoms with van der Waals surface area (Å²) in [5.74, 6) is 1.42. The Morgan fingerprint density at radius 2 is 2.00 bits per heavy atom. The second kappa shape index (κ2) is 5.68. The van der Waals surface area contributed by atoms with E-state index in [9.17, 15) is 0 Å². The van der Waals surface area contributed by atoms with E-state index in [1.54, 1.807) is 0 Å². The molecule has 3 nitrogen and oxygen atoms in total. The van der Waals surface area contributed by atoms with Crippen molar-refractivity contribution in [2.24, 2.45) is 0 Å². The summed E-state index contributed by atoms with van der Waals surface area (Å²) in [5.41, 5.74) is 1.10. The summed E-state index contributed by atoms with van der Waals surface area (Å²) in [6.45, 7) is 0.502. The van der Waals surface area contributed by atoms with Crippen LogP contribution in [0.25, 0.3) is 0 Å². The van der Waals surface area contributed by atoms with Gasteiger partial charge in [0.15, 0.2) is 0 Å². The molecule has 2 aromatic rings. The van der Waals surface area contributed by atoms with Crippen LogP contribution in [0.4, 0.5) is 5.82 Å². The molecule has 0 atom stereocenters. The van der Waals surface area contributed by atoms with Gasteiger partial charge in [-0.1, -0.05) is 40.2 Å². The molecule has 0 saturated carbocycles. The van der Waals surface area contributed by atoms with Crippen molar-refractivity contribution in [1.29, 1.82) is 0 Å². The average Bonchev–Trinajstić information content (AvgIpc) is 2.38. The van der Waals surface area contributed by atoms with Gasteiger partial charge in [0.1, 0.15) is 12.4 Å². The molecule has 1 heterocycles. The molecule has 2 rings (SSSR count). The number of ether oxygens (including phenoxy) is 1. The molecule has 0 fully saturated rings. The normalized spacial score (nSPS) is 10.0. The first-order valence-electron chi connectivity index (χ1n) is 5.30. The molecular formula is C13H13BrN2O. The van der Waals surface area contributed by atoms with E-state index in [2.05, 4.69) is 26.2 Å². The molecule has 4 heteroatoms. The van der Waals surface area contributed by atoms with Crippen molar-refractivity contribution in [2.45, 2.75) is 6.61 Å². The Morgan fingerprint density at radius 3 is 2.76 bits per heavy atom. The summed E-state index contributed by atoms with van der Waals surface area (Å²) < 4.78 is 6.68. The third kappa shape index (κ3) is 3.20. The van der Waals surface area contributed by atoms with Crippen molar-refractivity contribution in [2.75, 3.05) is 12.4 Å². The highest BCUT2D eigenvalue weighted by Crippen LogP contribution is 2.18. The zero-order valence-electron chi connectivity index (χ0n) is 9.48. The quantitative estimate of drug-likeness (QED) is 0.937. The second-order valence-corrected chi connectivity index (χ2v) is 4.35. The molecule has 0 saturated heterocycles. The Kier molecular flexibility index (Phi) is 3.98. The maximum atomic E-state index is 5.63. The van der Waals surface area contributed by atoms with E-state index in [0.29, 0.717) is 12.5 Å². The molecular weight excluding hydrogens is 280 g/mol. The fourth-order valence-corrected chi connectivity index (χ4v) is 1.80. The molecule has 1 N–H and O–H groups in total. The molecule has 1 aromatic carbocycles. The van der Waals surface area contributed by atoms with Gasteiger partial charge in [0.05, 0.1) is 0 Å². The van der Waals surface area contributed by atoms with Crippen molar-refractivity contribution in [3.8, 4) is 5.88 Å². The lowest BCUT2D eigenvalue weighted by Gasteiger charge is -2.08. The number of hydrogen-bond acceptors (Lipinski definition) is 3. The summed E-state index contributed by atoms with van der Waals surface area (Å²) in [6.07, 6.45) is 0. The maximum absolute atomic E-state index is 5.63. The molecule has 1 aromatic heterocycles. The highest BCUT2D eigenvalue weighted by Gasteiger charge is 2.01. The first kappa shape index (κ1) is 11.9. The largest absolute Gasteiger partial charge is 0.473 e. The van der Waals surface area contributed by atoms with Crippen molar-refractivity contribution < 1.29 is 4.74 Å². The van der Waals surface area contributed by atoms with E-state index in [1.807, 2.05) is 49.5 Å². The molecule has 0 aliphatic carbocycles. The van der Waals surface area contributed by atoms with Crippen LogP contribution in [-0.4, -0.2) is 12.0 Å². The van der Waals surface area contributed by atoms with Crippen LogP contribution in [0.15, 0.2) is 46.9 Å². The smallest absolute Gasteiger partial charge is 0.215 e. The van der Waals surface area contributed by atoms with Gasteiger partial charge in [-0.15, -0.1) is 0 Å². The number of nitrogens with zero attached hydrogens (tertiary/aromatic N) is 1. The first-order chi connectivity index (χ1) is 8.29. The van der Waals surface area contributed by atoms with Crippen LogP contribution < -0.4 is 10.1 Å². The zero-order chi connectivity index (χ0) is 12.1. The molecule has 0 aliphatic rings. The Morgan fingerprint density at radius 1 is 1.18 bits per heavy atom. The van der Waals surface area contributed by atoms with Gasteiger partial charge in [-0.2, -0.15) is 4.98 Å². The number of pyridine rings is 1. The Balaban J connectivity index is 2.05. The fourth-order valence-electron chi connectivity index (χ4n) is 1.40. The number of hydrogen-bond donors (Lipinski definition) is 1. The maximum Gasteiger partial charge on any atom is 0.215 e. The average molecular weight is 293 g/mol. The molecule has 0 spiro atoms. The molecule has 17 heavy (non-hydrogen) atoms. The van der Waals surface area contributed by atoms with Gasteiger partial charge < -0.3 is 10.1 Å². The third-order valence-electron chi connectivity index (χ3n) is 2.31. The Labute approximate surface area is 109 Å². The molecule has 0 amide bonds. The van der Waals surface area contributed by atoms with Gasteiger partial charge in [-0.05, 0) is 12.1 Å². The second-order valence-electron chi connectivity index (χ2n) is 3.49. The van der Waals surface area contributed by atoms with Crippen molar-refractivity contribution in [1.82, 2.24) is 4.98 Å². The van der Waals surface area contributed by atoms with Gasteiger partial charge in [-0.3, -0.25) is 0 Å². The number of nitrogens with one attached hydrogen (secondary N) is 1. The number of aromatic nitrogens is 1. The summed E-state index contributed by atoms with van der Waals surface area (Å²) >= 11 is 3.49. The van der Waals surface area contributed by atoms with Crippen LogP contribution in [0, 0.1) is 0 Å². The minimum atomic E-state index is 0.502. The van der Waals surface area contributed by atoms with Crippen LogP contribution in [-0.2, 0) is 6.61 Å². The number of benzene rings is 1. The van der Waals surface area contributed by atoms with Crippen LogP contribution in [0.1, 0.15) is 5.56 Å². The lowest BCUT2D eigenvalue weighted by Crippen LogP contribution is -1.99. The number of rotatable bonds is 4. The highest BCUT2D eigenvalue weighted by molar-refractivity contribution is 9.10. The molecule has 0 aliphatic heterocycles. The molecule has 0 radical (unpaired) electrons. The summed E-state index contributed by atoms with van der Waals surface area (Å²) in [6, 6.07) is 13.6. The number of anilines is 1. The van der Waals surface area contributed by atoms with Crippen molar-refractivity contribution in [3.05, 3.63) is 52.5 Å². The third-order valence-corrected chi connectivity index (χ3v) is 3.09. The van der Waals surface area contributed by atoms with Gasteiger partial charge in [0, 0.05) is 23.2 Å². The van der Waals surface area contributed by atoms with Crippen molar-refractivity contribution >= 4 is 21.7 Å². The van der Waals surface area contributed by atoms with Crippen LogP contribution >= 0.6 is 15.9 Å². The summed E-state index contributed by atoms with van der Waals surface area (Å²) in [4.78, 5) is 4.29. The van der Waals surface area contributed by atoms with Gasteiger partial charge in [0.25, 0.3) is 0 Å². The zero-order valence-corrected chi connectivity index (χ0v) is 11.1. The van der Waals surface area contributed by atoms with E-state index >= 15 is 0 Å². The first-order valence-corrected chi connectivity index (χ1v) is 6.10. The van der Waals surface area contributed by atoms with E-state index < -0.39 is 0 Å².